The highest BCUT2D eigenvalue weighted by atomic mass is 35.5. The molecule has 3 rings (SSSR count). The largest absolute Gasteiger partial charge is 0.250 e. The van der Waals surface area contributed by atoms with E-state index in [1.54, 1.807) is 18.2 Å². The Hall–Kier alpha value is -0.880. The van der Waals surface area contributed by atoms with Crippen LogP contribution < -0.4 is 4.72 Å². The first-order valence-corrected chi connectivity index (χ1v) is 8.96. The SMILES string of the molecule is Cc1ccc(S(=O)(=O)NC2(c3ccc(Cl)cc3)CC2)s1. The van der Waals surface area contributed by atoms with E-state index in [0.717, 1.165) is 23.3 Å². The number of hydrogen-bond acceptors (Lipinski definition) is 3. The summed E-state index contributed by atoms with van der Waals surface area (Å²) in [7, 11) is -3.46. The van der Waals surface area contributed by atoms with Crippen molar-refractivity contribution in [2.75, 3.05) is 0 Å². The summed E-state index contributed by atoms with van der Waals surface area (Å²) in [6.07, 6.45) is 1.64. The molecule has 0 radical (unpaired) electrons. The second-order valence-electron chi connectivity index (χ2n) is 5.06. The molecule has 0 unspecified atom stereocenters. The summed E-state index contributed by atoms with van der Waals surface area (Å²) in [5.41, 5.74) is 0.514. The van der Waals surface area contributed by atoms with Crippen LogP contribution in [0.5, 0.6) is 0 Å². The van der Waals surface area contributed by atoms with Crippen LogP contribution in [0.2, 0.25) is 5.02 Å². The Kier molecular flexibility index (Phi) is 3.41. The molecule has 1 aliphatic carbocycles. The van der Waals surface area contributed by atoms with Crippen molar-refractivity contribution in [2.45, 2.75) is 29.5 Å². The Morgan fingerprint density at radius 2 is 1.80 bits per heavy atom. The van der Waals surface area contributed by atoms with Crippen molar-refractivity contribution in [3.8, 4) is 0 Å². The van der Waals surface area contributed by atoms with E-state index < -0.39 is 15.6 Å². The Bertz CT molecular complexity index is 731. The van der Waals surface area contributed by atoms with Crippen LogP contribution in [0.15, 0.2) is 40.6 Å². The van der Waals surface area contributed by atoms with Crippen molar-refractivity contribution in [1.82, 2.24) is 4.72 Å². The van der Waals surface area contributed by atoms with Gasteiger partial charge in [0.1, 0.15) is 4.21 Å². The third kappa shape index (κ3) is 2.63. The lowest BCUT2D eigenvalue weighted by Gasteiger charge is -2.17. The van der Waals surface area contributed by atoms with Crippen molar-refractivity contribution < 1.29 is 8.42 Å². The molecule has 3 nitrogen and oxygen atoms in total. The monoisotopic (exact) mass is 327 g/mol. The number of rotatable bonds is 4. The second kappa shape index (κ2) is 4.84. The van der Waals surface area contributed by atoms with Crippen molar-refractivity contribution in [2.24, 2.45) is 0 Å². The summed E-state index contributed by atoms with van der Waals surface area (Å²) in [5, 5.41) is 0.654. The fraction of sp³-hybridized carbons (Fsp3) is 0.286. The van der Waals surface area contributed by atoms with Crippen LogP contribution in [-0.2, 0) is 15.6 Å². The van der Waals surface area contributed by atoms with Gasteiger partial charge in [-0.15, -0.1) is 11.3 Å². The molecule has 0 bridgehead atoms. The van der Waals surface area contributed by atoms with Gasteiger partial charge in [-0.1, -0.05) is 23.7 Å². The first-order valence-electron chi connectivity index (χ1n) is 6.28. The van der Waals surface area contributed by atoms with Crippen LogP contribution in [0.1, 0.15) is 23.3 Å². The minimum absolute atomic E-state index is 0.371. The van der Waals surface area contributed by atoms with Crippen molar-refractivity contribution >= 4 is 33.0 Å². The van der Waals surface area contributed by atoms with E-state index in [1.807, 2.05) is 25.1 Å². The van der Waals surface area contributed by atoms with E-state index in [0.29, 0.717) is 9.23 Å². The number of aryl methyl sites for hydroxylation is 1. The first kappa shape index (κ1) is 14.1. The molecule has 0 aliphatic heterocycles. The van der Waals surface area contributed by atoms with E-state index in [1.165, 1.54) is 11.3 Å². The molecule has 0 atom stereocenters. The minimum Gasteiger partial charge on any atom is -0.206 e. The average molecular weight is 328 g/mol. The molecule has 106 valence electrons. The third-order valence-electron chi connectivity index (χ3n) is 3.46. The molecule has 1 aromatic heterocycles. The maximum absolute atomic E-state index is 12.4. The molecule has 2 aromatic rings. The predicted octanol–water partition coefficient (Wildman–Crippen LogP) is 3.68. The Balaban J connectivity index is 1.89. The van der Waals surface area contributed by atoms with E-state index in [-0.39, 0.29) is 0 Å². The molecule has 1 N–H and O–H groups in total. The van der Waals surface area contributed by atoms with Crippen molar-refractivity contribution in [3.63, 3.8) is 0 Å². The summed E-state index contributed by atoms with van der Waals surface area (Å²) in [5.74, 6) is 0. The first-order chi connectivity index (χ1) is 9.41. The van der Waals surface area contributed by atoms with Gasteiger partial charge in [0.25, 0.3) is 10.0 Å². The number of halogens is 1. The Labute approximate surface area is 127 Å². The number of sulfonamides is 1. The van der Waals surface area contributed by atoms with Gasteiger partial charge in [-0.25, -0.2) is 8.42 Å². The molecular formula is C14H14ClNO2S2. The standard InChI is InChI=1S/C14H14ClNO2S2/c1-10-2-7-13(19-10)20(17,18)16-14(8-9-14)11-3-5-12(15)6-4-11/h2-7,16H,8-9H2,1H3. The zero-order chi connectivity index (χ0) is 14.4. The summed E-state index contributed by atoms with van der Waals surface area (Å²) in [6, 6.07) is 10.8. The van der Waals surface area contributed by atoms with Gasteiger partial charge in [0.05, 0.1) is 5.54 Å². The molecular weight excluding hydrogens is 314 g/mol. The van der Waals surface area contributed by atoms with Crippen LogP contribution in [0.4, 0.5) is 0 Å². The minimum atomic E-state index is -3.46. The van der Waals surface area contributed by atoms with Gasteiger partial charge >= 0.3 is 0 Å². The lowest BCUT2D eigenvalue weighted by atomic mass is 10.1. The van der Waals surface area contributed by atoms with Gasteiger partial charge in [-0.3, -0.25) is 0 Å². The number of benzene rings is 1. The van der Waals surface area contributed by atoms with Crippen LogP contribution >= 0.6 is 22.9 Å². The van der Waals surface area contributed by atoms with Crippen LogP contribution in [0, 0.1) is 6.92 Å². The van der Waals surface area contributed by atoms with Gasteiger partial charge in [-0.05, 0) is 49.6 Å². The van der Waals surface area contributed by atoms with Gasteiger partial charge in [-0.2, -0.15) is 4.72 Å². The fourth-order valence-electron chi connectivity index (χ4n) is 2.21. The quantitative estimate of drug-likeness (QED) is 0.931. The zero-order valence-electron chi connectivity index (χ0n) is 10.9. The van der Waals surface area contributed by atoms with E-state index in [4.69, 9.17) is 11.6 Å². The molecule has 1 fully saturated rings. The Morgan fingerprint density at radius 3 is 2.30 bits per heavy atom. The maximum atomic E-state index is 12.4. The van der Waals surface area contributed by atoms with Crippen LogP contribution in [-0.4, -0.2) is 8.42 Å². The van der Waals surface area contributed by atoms with Gasteiger partial charge in [0.15, 0.2) is 0 Å². The summed E-state index contributed by atoms with van der Waals surface area (Å²) < 4.78 is 28.0. The smallest absolute Gasteiger partial charge is 0.206 e. The number of nitrogens with one attached hydrogen (secondary N) is 1. The van der Waals surface area contributed by atoms with Gasteiger partial charge in [0.2, 0.25) is 0 Å². The maximum Gasteiger partial charge on any atom is 0.250 e. The highest BCUT2D eigenvalue weighted by Gasteiger charge is 2.47. The molecule has 0 amide bonds. The van der Waals surface area contributed by atoms with E-state index in [9.17, 15) is 8.42 Å². The third-order valence-corrected chi connectivity index (χ3v) is 6.74. The van der Waals surface area contributed by atoms with Gasteiger partial charge in [0, 0.05) is 9.90 Å². The van der Waals surface area contributed by atoms with Gasteiger partial charge < -0.3 is 0 Å². The fourth-order valence-corrected chi connectivity index (χ4v) is 5.07. The molecule has 0 spiro atoms. The van der Waals surface area contributed by atoms with E-state index in [2.05, 4.69) is 4.72 Å². The highest BCUT2D eigenvalue weighted by Crippen LogP contribution is 2.47. The molecule has 1 aromatic carbocycles. The lowest BCUT2D eigenvalue weighted by Crippen LogP contribution is -2.34. The average Bonchev–Trinajstić information content (AvgIpc) is 3.01. The molecule has 1 aliphatic rings. The van der Waals surface area contributed by atoms with Crippen molar-refractivity contribution in [1.29, 1.82) is 0 Å². The summed E-state index contributed by atoms with van der Waals surface area (Å²) in [6.45, 7) is 1.90. The van der Waals surface area contributed by atoms with Crippen molar-refractivity contribution in [3.05, 3.63) is 51.9 Å². The molecule has 1 heterocycles. The lowest BCUT2D eigenvalue weighted by molar-refractivity contribution is 0.553. The topological polar surface area (TPSA) is 46.2 Å². The predicted molar refractivity (Wildman–Crippen MR) is 81.7 cm³/mol. The second-order valence-corrected chi connectivity index (χ2v) is 8.69. The van der Waals surface area contributed by atoms with E-state index >= 15 is 0 Å². The Morgan fingerprint density at radius 1 is 1.15 bits per heavy atom. The normalized spacial score (nSPS) is 17.1. The summed E-state index contributed by atoms with van der Waals surface area (Å²) in [4.78, 5) is 0.988. The van der Waals surface area contributed by atoms with Crippen LogP contribution in [0.3, 0.4) is 0 Å². The molecule has 6 heteroatoms. The zero-order valence-corrected chi connectivity index (χ0v) is 13.3. The number of thiophene rings is 1. The molecule has 20 heavy (non-hydrogen) atoms. The molecule has 1 saturated carbocycles. The van der Waals surface area contributed by atoms with Crippen LogP contribution in [0.25, 0.3) is 0 Å². The summed E-state index contributed by atoms with van der Waals surface area (Å²) >= 11 is 7.17. The highest BCUT2D eigenvalue weighted by molar-refractivity contribution is 7.91. The number of hydrogen-bond donors (Lipinski definition) is 1. The molecule has 0 saturated heterocycles.